The standard InChI is InChI=1S/C27H21ClF6N4O2/c1-37(15-19-9-5-6-10-22(19)28)24(39)23-25(40-16-17-7-3-2-4-8-17)38(36-35-23)14-18-11-20(26(29,30)31)13-21(12-18)27(32,33)34/h2-13H,14-16H2,1H3. The van der Waals surface area contributed by atoms with E-state index in [9.17, 15) is 31.1 Å². The highest BCUT2D eigenvalue weighted by molar-refractivity contribution is 6.31. The number of aromatic nitrogens is 3. The topological polar surface area (TPSA) is 60.2 Å². The summed E-state index contributed by atoms with van der Waals surface area (Å²) < 4.78 is 87.1. The largest absolute Gasteiger partial charge is 0.471 e. The Morgan fingerprint density at radius 3 is 2.10 bits per heavy atom. The normalized spacial score (nSPS) is 11.9. The second kappa shape index (κ2) is 11.6. The summed E-state index contributed by atoms with van der Waals surface area (Å²) in [6.07, 6.45) is -10.0. The number of alkyl halides is 6. The van der Waals surface area contributed by atoms with E-state index in [0.29, 0.717) is 28.3 Å². The molecule has 40 heavy (non-hydrogen) atoms. The molecule has 4 rings (SSSR count). The molecule has 0 unspecified atom stereocenters. The average molecular weight is 583 g/mol. The summed E-state index contributed by atoms with van der Waals surface area (Å²) in [6.45, 7) is -0.559. The van der Waals surface area contributed by atoms with Crippen molar-refractivity contribution in [2.24, 2.45) is 0 Å². The van der Waals surface area contributed by atoms with E-state index >= 15 is 0 Å². The van der Waals surface area contributed by atoms with Crippen molar-refractivity contribution in [2.75, 3.05) is 7.05 Å². The van der Waals surface area contributed by atoms with Gasteiger partial charge in [-0.2, -0.15) is 26.3 Å². The SMILES string of the molecule is CN(Cc1ccccc1Cl)C(=O)c1nnn(Cc2cc(C(F)(F)F)cc(C(F)(F)F)c2)c1OCc1ccccc1. The minimum absolute atomic E-state index is 0.0380. The van der Waals surface area contributed by atoms with Gasteiger partial charge in [0.15, 0.2) is 0 Å². The molecule has 0 fully saturated rings. The van der Waals surface area contributed by atoms with E-state index < -0.39 is 35.9 Å². The van der Waals surface area contributed by atoms with Gasteiger partial charge in [0, 0.05) is 18.6 Å². The number of halogens is 7. The Balaban J connectivity index is 1.70. The summed E-state index contributed by atoms with van der Waals surface area (Å²) in [5, 5.41) is 8.14. The number of hydrogen-bond donors (Lipinski definition) is 0. The van der Waals surface area contributed by atoms with Crippen LogP contribution in [-0.2, 0) is 32.0 Å². The lowest BCUT2D eigenvalue weighted by Gasteiger charge is -2.18. The summed E-state index contributed by atoms with van der Waals surface area (Å²) in [6, 6.07) is 16.8. The third-order valence-corrected chi connectivity index (χ3v) is 6.17. The zero-order valence-corrected chi connectivity index (χ0v) is 21.6. The van der Waals surface area contributed by atoms with Gasteiger partial charge in [-0.3, -0.25) is 4.79 Å². The molecule has 0 spiro atoms. The van der Waals surface area contributed by atoms with Gasteiger partial charge in [-0.1, -0.05) is 65.3 Å². The van der Waals surface area contributed by atoms with Gasteiger partial charge in [0.05, 0.1) is 17.7 Å². The number of benzene rings is 3. The maximum absolute atomic E-state index is 13.4. The number of nitrogens with zero attached hydrogens (tertiary/aromatic N) is 4. The molecule has 13 heteroatoms. The zero-order valence-electron chi connectivity index (χ0n) is 20.8. The van der Waals surface area contributed by atoms with Gasteiger partial charge in [0.1, 0.15) is 6.61 Å². The quantitative estimate of drug-likeness (QED) is 0.213. The van der Waals surface area contributed by atoms with Crippen molar-refractivity contribution in [1.82, 2.24) is 19.9 Å². The first-order valence-electron chi connectivity index (χ1n) is 11.7. The third-order valence-electron chi connectivity index (χ3n) is 5.80. The van der Waals surface area contributed by atoms with Crippen molar-refractivity contribution in [3.63, 3.8) is 0 Å². The molecule has 0 aliphatic heterocycles. The fourth-order valence-electron chi connectivity index (χ4n) is 3.83. The predicted molar refractivity (Wildman–Crippen MR) is 134 cm³/mol. The highest BCUT2D eigenvalue weighted by Crippen LogP contribution is 2.36. The predicted octanol–water partition coefficient (Wildman–Crippen LogP) is 6.87. The molecule has 0 saturated heterocycles. The molecular weight excluding hydrogens is 562 g/mol. The van der Waals surface area contributed by atoms with E-state index in [2.05, 4.69) is 10.3 Å². The van der Waals surface area contributed by atoms with Crippen LogP contribution in [0.15, 0.2) is 72.8 Å². The van der Waals surface area contributed by atoms with Crippen molar-refractivity contribution in [3.05, 3.63) is 111 Å². The van der Waals surface area contributed by atoms with E-state index in [-0.39, 0.29) is 36.4 Å². The van der Waals surface area contributed by atoms with E-state index in [1.54, 1.807) is 54.6 Å². The molecular formula is C27H21ClF6N4O2. The van der Waals surface area contributed by atoms with Crippen molar-refractivity contribution in [2.45, 2.75) is 32.0 Å². The number of ether oxygens (including phenoxy) is 1. The number of hydrogen-bond acceptors (Lipinski definition) is 4. The van der Waals surface area contributed by atoms with Gasteiger partial charge in [0.2, 0.25) is 11.6 Å². The smallest absolute Gasteiger partial charge is 0.416 e. The lowest BCUT2D eigenvalue weighted by atomic mass is 10.0. The second-order valence-electron chi connectivity index (χ2n) is 8.84. The highest BCUT2D eigenvalue weighted by Gasteiger charge is 2.37. The molecule has 0 saturated carbocycles. The van der Waals surface area contributed by atoms with Crippen LogP contribution in [0.5, 0.6) is 5.88 Å². The summed E-state index contributed by atoms with van der Waals surface area (Å²) in [4.78, 5) is 14.6. The van der Waals surface area contributed by atoms with Crippen LogP contribution in [0.2, 0.25) is 5.02 Å². The van der Waals surface area contributed by atoms with Crippen LogP contribution >= 0.6 is 11.6 Å². The molecule has 1 aromatic heterocycles. The van der Waals surface area contributed by atoms with Crippen LogP contribution in [0.4, 0.5) is 26.3 Å². The molecule has 0 bridgehead atoms. The molecule has 6 nitrogen and oxygen atoms in total. The number of amides is 1. The summed E-state index contributed by atoms with van der Waals surface area (Å²) >= 11 is 6.20. The Hall–Kier alpha value is -4.06. The fraction of sp³-hybridized carbons (Fsp3) is 0.222. The van der Waals surface area contributed by atoms with Crippen LogP contribution in [-0.4, -0.2) is 32.8 Å². The number of rotatable bonds is 8. The Kier molecular flexibility index (Phi) is 8.38. The monoisotopic (exact) mass is 582 g/mol. The van der Waals surface area contributed by atoms with E-state index in [0.717, 1.165) is 4.68 Å². The van der Waals surface area contributed by atoms with Gasteiger partial charge in [-0.25, -0.2) is 4.68 Å². The first-order chi connectivity index (χ1) is 18.8. The molecule has 3 aromatic carbocycles. The minimum Gasteiger partial charge on any atom is -0.471 e. The van der Waals surface area contributed by atoms with Gasteiger partial charge >= 0.3 is 12.4 Å². The molecule has 210 valence electrons. The van der Waals surface area contributed by atoms with E-state index in [1.807, 2.05) is 0 Å². The minimum atomic E-state index is -5.02. The Bertz CT molecular complexity index is 1460. The van der Waals surface area contributed by atoms with Crippen LogP contribution in [0.25, 0.3) is 0 Å². The number of carbonyl (C=O) groups is 1. The Morgan fingerprint density at radius 2 is 1.50 bits per heavy atom. The maximum Gasteiger partial charge on any atom is 0.416 e. The molecule has 0 N–H and O–H groups in total. The van der Waals surface area contributed by atoms with Crippen LogP contribution in [0.1, 0.15) is 38.3 Å². The van der Waals surface area contributed by atoms with Crippen molar-refractivity contribution in [1.29, 1.82) is 0 Å². The van der Waals surface area contributed by atoms with Crippen LogP contribution in [0.3, 0.4) is 0 Å². The number of carbonyl (C=O) groups excluding carboxylic acids is 1. The van der Waals surface area contributed by atoms with Crippen molar-refractivity contribution >= 4 is 17.5 Å². The zero-order chi connectivity index (χ0) is 29.1. The molecule has 0 atom stereocenters. The van der Waals surface area contributed by atoms with Crippen molar-refractivity contribution < 1.29 is 35.9 Å². The Morgan fingerprint density at radius 1 is 0.900 bits per heavy atom. The highest BCUT2D eigenvalue weighted by atomic mass is 35.5. The maximum atomic E-state index is 13.4. The summed E-state index contributed by atoms with van der Waals surface area (Å²) in [7, 11) is 1.48. The van der Waals surface area contributed by atoms with Gasteiger partial charge in [-0.05, 0) is 41.0 Å². The summed E-state index contributed by atoms with van der Waals surface area (Å²) in [5.41, 5.74) is -2.24. The summed E-state index contributed by atoms with van der Waals surface area (Å²) in [5.74, 6) is -0.861. The third kappa shape index (κ3) is 6.92. The first-order valence-corrected chi connectivity index (χ1v) is 12.1. The van der Waals surface area contributed by atoms with Gasteiger partial charge in [0.25, 0.3) is 5.91 Å². The van der Waals surface area contributed by atoms with Crippen LogP contribution in [0, 0.1) is 0 Å². The first kappa shape index (κ1) is 28.9. The molecule has 4 aromatic rings. The lowest BCUT2D eigenvalue weighted by molar-refractivity contribution is -0.143. The molecule has 1 heterocycles. The Labute approximate surface area is 229 Å². The molecule has 0 radical (unpaired) electrons. The second-order valence-corrected chi connectivity index (χ2v) is 9.25. The van der Waals surface area contributed by atoms with Crippen molar-refractivity contribution in [3.8, 4) is 5.88 Å². The van der Waals surface area contributed by atoms with Gasteiger partial charge in [-0.15, -0.1) is 5.10 Å². The van der Waals surface area contributed by atoms with Crippen LogP contribution < -0.4 is 4.74 Å². The van der Waals surface area contributed by atoms with E-state index in [1.165, 1.54) is 11.9 Å². The molecule has 0 aliphatic rings. The molecule has 1 amide bonds. The average Bonchev–Trinajstić information content (AvgIpc) is 3.29. The fourth-order valence-corrected chi connectivity index (χ4v) is 4.02. The molecule has 0 aliphatic carbocycles. The van der Waals surface area contributed by atoms with E-state index in [4.69, 9.17) is 16.3 Å². The van der Waals surface area contributed by atoms with Gasteiger partial charge < -0.3 is 9.64 Å². The lowest BCUT2D eigenvalue weighted by Crippen LogP contribution is -2.27.